The molecule has 0 heterocycles. The largest absolute Gasteiger partial charge is 0.392 e. The van der Waals surface area contributed by atoms with Crippen LogP contribution >= 0.6 is 23.4 Å². The lowest BCUT2D eigenvalue weighted by Crippen LogP contribution is -2.31. The molecule has 0 saturated heterocycles. The van der Waals surface area contributed by atoms with Crippen LogP contribution in [0.25, 0.3) is 0 Å². The first kappa shape index (κ1) is 13.7. The van der Waals surface area contributed by atoms with Crippen LogP contribution in [0, 0.1) is 0 Å². The first-order chi connectivity index (χ1) is 7.60. The molecule has 90 valence electrons. The summed E-state index contributed by atoms with van der Waals surface area (Å²) in [6, 6.07) is 6.07. The fraction of sp³-hybridized carbons (Fsp3) is 0.500. The van der Waals surface area contributed by atoms with Crippen molar-refractivity contribution >= 4 is 29.1 Å². The normalized spacial score (nSPS) is 12.6. The van der Waals surface area contributed by atoms with E-state index in [4.69, 9.17) is 11.6 Å². The molecular weight excluding hydrogens is 242 g/mol. The van der Waals surface area contributed by atoms with Gasteiger partial charge in [-0.15, -0.1) is 0 Å². The van der Waals surface area contributed by atoms with Gasteiger partial charge in [-0.2, -0.15) is 11.8 Å². The van der Waals surface area contributed by atoms with Crippen molar-refractivity contribution in [3.63, 3.8) is 0 Å². The Hall–Kier alpha value is -0.380. The second-order valence-corrected chi connectivity index (χ2v) is 5.19. The summed E-state index contributed by atoms with van der Waals surface area (Å²) in [5.41, 5.74) is 1.93. The number of nitrogens with zero attached hydrogens (tertiary/aromatic N) is 1. The minimum atomic E-state index is 0.0201. The molecule has 16 heavy (non-hydrogen) atoms. The summed E-state index contributed by atoms with van der Waals surface area (Å²) in [6.45, 7) is 2.19. The van der Waals surface area contributed by atoms with Crippen LogP contribution < -0.4 is 4.90 Å². The maximum absolute atomic E-state index is 9.31. The van der Waals surface area contributed by atoms with E-state index >= 15 is 0 Å². The number of hydrogen-bond acceptors (Lipinski definition) is 3. The Morgan fingerprint density at radius 1 is 1.50 bits per heavy atom. The Labute approximate surface area is 107 Å². The van der Waals surface area contributed by atoms with Crippen LogP contribution in [-0.4, -0.2) is 30.2 Å². The summed E-state index contributed by atoms with van der Waals surface area (Å²) >= 11 is 7.73. The second kappa shape index (κ2) is 6.38. The Balaban J connectivity index is 2.93. The zero-order valence-corrected chi connectivity index (χ0v) is 11.5. The molecule has 0 saturated carbocycles. The highest BCUT2D eigenvalue weighted by Gasteiger charge is 2.13. The first-order valence-corrected chi connectivity index (χ1v) is 6.98. The lowest BCUT2D eigenvalue weighted by molar-refractivity contribution is 0.282. The number of halogens is 1. The highest BCUT2D eigenvalue weighted by molar-refractivity contribution is 7.98. The SMILES string of the molecule is CSCC(C)N(C)c1ccc(Cl)cc1CO. The van der Waals surface area contributed by atoms with Gasteiger partial charge in [0.05, 0.1) is 6.61 Å². The second-order valence-electron chi connectivity index (χ2n) is 3.85. The van der Waals surface area contributed by atoms with Crippen LogP contribution in [-0.2, 0) is 6.61 Å². The van der Waals surface area contributed by atoms with Crippen LogP contribution in [0.4, 0.5) is 5.69 Å². The van der Waals surface area contributed by atoms with E-state index in [-0.39, 0.29) is 6.61 Å². The quantitative estimate of drug-likeness (QED) is 0.879. The van der Waals surface area contributed by atoms with E-state index in [1.165, 1.54) is 0 Å². The Morgan fingerprint density at radius 2 is 2.19 bits per heavy atom. The molecule has 0 fully saturated rings. The molecule has 0 aliphatic rings. The van der Waals surface area contributed by atoms with Crippen LogP contribution in [0.1, 0.15) is 12.5 Å². The molecule has 0 radical (unpaired) electrons. The van der Waals surface area contributed by atoms with Crippen molar-refractivity contribution in [3.8, 4) is 0 Å². The predicted molar refractivity (Wildman–Crippen MR) is 73.6 cm³/mol. The number of aliphatic hydroxyl groups is 1. The van der Waals surface area contributed by atoms with Gasteiger partial charge in [0.2, 0.25) is 0 Å². The summed E-state index contributed by atoms with van der Waals surface area (Å²) in [4.78, 5) is 2.18. The van der Waals surface area contributed by atoms with Crippen molar-refractivity contribution in [2.24, 2.45) is 0 Å². The number of aliphatic hydroxyl groups excluding tert-OH is 1. The van der Waals surface area contributed by atoms with E-state index in [1.54, 1.807) is 0 Å². The van der Waals surface area contributed by atoms with Crippen LogP contribution in [0.15, 0.2) is 18.2 Å². The summed E-state index contributed by atoms with van der Waals surface area (Å²) in [5, 5.41) is 9.98. The maximum Gasteiger partial charge on any atom is 0.0702 e. The Bertz CT molecular complexity index is 346. The molecule has 1 rings (SSSR count). The lowest BCUT2D eigenvalue weighted by Gasteiger charge is -2.28. The summed E-state index contributed by atoms with van der Waals surface area (Å²) < 4.78 is 0. The molecule has 2 nitrogen and oxygen atoms in total. The molecule has 1 aromatic carbocycles. The number of thioether (sulfide) groups is 1. The average molecular weight is 260 g/mol. The number of anilines is 1. The number of hydrogen-bond donors (Lipinski definition) is 1. The predicted octanol–water partition coefficient (Wildman–Crippen LogP) is 3.02. The van der Waals surface area contributed by atoms with Gasteiger partial charge in [-0.1, -0.05) is 11.6 Å². The van der Waals surface area contributed by atoms with Gasteiger partial charge in [-0.05, 0) is 31.4 Å². The molecule has 4 heteroatoms. The van der Waals surface area contributed by atoms with Crippen LogP contribution in [0.3, 0.4) is 0 Å². The molecule has 0 bridgehead atoms. The Morgan fingerprint density at radius 3 is 2.75 bits per heavy atom. The topological polar surface area (TPSA) is 23.5 Å². The maximum atomic E-state index is 9.31. The molecule has 1 unspecified atom stereocenters. The Kier molecular flexibility index (Phi) is 5.46. The lowest BCUT2D eigenvalue weighted by atomic mass is 10.1. The summed E-state index contributed by atoms with van der Waals surface area (Å²) in [6.07, 6.45) is 2.10. The third-order valence-electron chi connectivity index (χ3n) is 2.66. The highest BCUT2D eigenvalue weighted by atomic mass is 35.5. The summed E-state index contributed by atoms with van der Waals surface area (Å²) in [5.74, 6) is 1.06. The molecule has 1 atom stereocenters. The molecular formula is C12H18ClNOS. The average Bonchev–Trinajstić information content (AvgIpc) is 2.28. The zero-order valence-electron chi connectivity index (χ0n) is 9.90. The fourth-order valence-corrected chi connectivity index (χ4v) is 2.52. The number of rotatable bonds is 5. The fourth-order valence-electron chi connectivity index (χ4n) is 1.62. The van der Waals surface area contributed by atoms with Crippen molar-refractivity contribution < 1.29 is 5.11 Å². The van der Waals surface area contributed by atoms with Crippen molar-refractivity contribution in [1.82, 2.24) is 0 Å². The van der Waals surface area contributed by atoms with Crippen molar-refractivity contribution in [2.45, 2.75) is 19.6 Å². The third-order valence-corrected chi connectivity index (χ3v) is 3.71. The number of benzene rings is 1. The summed E-state index contributed by atoms with van der Waals surface area (Å²) in [7, 11) is 2.04. The molecule has 0 aromatic heterocycles. The van der Waals surface area contributed by atoms with Gasteiger partial charge >= 0.3 is 0 Å². The van der Waals surface area contributed by atoms with E-state index in [9.17, 15) is 5.11 Å². The first-order valence-electron chi connectivity index (χ1n) is 5.21. The van der Waals surface area contributed by atoms with Crippen molar-refractivity contribution in [1.29, 1.82) is 0 Å². The van der Waals surface area contributed by atoms with Gasteiger partial charge in [0, 0.05) is 35.1 Å². The standard InChI is InChI=1S/C12H18ClNOS/c1-9(8-16-3)14(2)12-5-4-11(13)6-10(12)7-15/h4-6,9,15H,7-8H2,1-3H3. The van der Waals surface area contributed by atoms with E-state index in [0.717, 1.165) is 17.0 Å². The molecule has 0 amide bonds. The van der Waals surface area contributed by atoms with Gasteiger partial charge in [0.1, 0.15) is 0 Å². The molecule has 1 N–H and O–H groups in total. The molecule has 1 aromatic rings. The smallest absolute Gasteiger partial charge is 0.0702 e. The van der Waals surface area contributed by atoms with Gasteiger partial charge in [0.25, 0.3) is 0 Å². The van der Waals surface area contributed by atoms with Crippen molar-refractivity contribution in [2.75, 3.05) is 24.0 Å². The monoisotopic (exact) mass is 259 g/mol. The molecule has 0 aliphatic heterocycles. The van der Waals surface area contributed by atoms with E-state index in [1.807, 2.05) is 37.0 Å². The van der Waals surface area contributed by atoms with Crippen LogP contribution in [0.2, 0.25) is 5.02 Å². The zero-order chi connectivity index (χ0) is 12.1. The van der Waals surface area contributed by atoms with Crippen molar-refractivity contribution in [3.05, 3.63) is 28.8 Å². The minimum Gasteiger partial charge on any atom is -0.392 e. The van der Waals surface area contributed by atoms with E-state index in [2.05, 4.69) is 18.1 Å². The van der Waals surface area contributed by atoms with Gasteiger partial charge < -0.3 is 10.0 Å². The highest BCUT2D eigenvalue weighted by Crippen LogP contribution is 2.25. The third kappa shape index (κ3) is 3.30. The van der Waals surface area contributed by atoms with Gasteiger partial charge in [-0.25, -0.2) is 0 Å². The molecule has 0 spiro atoms. The van der Waals surface area contributed by atoms with E-state index < -0.39 is 0 Å². The van der Waals surface area contributed by atoms with Crippen LogP contribution in [0.5, 0.6) is 0 Å². The van der Waals surface area contributed by atoms with E-state index in [0.29, 0.717) is 11.1 Å². The van der Waals surface area contributed by atoms with Gasteiger partial charge in [0.15, 0.2) is 0 Å². The molecule has 0 aliphatic carbocycles. The minimum absolute atomic E-state index is 0.0201. The van der Waals surface area contributed by atoms with Gasteiger partial charge in [-0.3, -0.25) is 0 Å².